The van der Waals surface area contributed by atoms with Gasteiger partial charge in [0.2, 0.25) is 15.9 Å². The van der Waals surface area contributed by atoms with E-state index in [9.17, 15) is 21.6 Å². The van der Waals surface area contributed by atoms with E-state index in [0.29, 0.717) is 17.9 Å². The second-order valence-electron chi connectivity index (χ2n) is 6.90. The smallest absolute Gasteiger partial charge is 0.243 e. The first-order valence-corrected chi connectivity index (χ1v) is 12.8. The zero-order valence-electron chi connectivity index (χ0n) is 17.3. The van der Waals surface area contributed by atoms with Gasteiger partial charge >= 0.3 is 0 Å². The minimum Gasteiger partial charge on any atom is -0.376 e. The number of hydrogen-bond acceptors (Lipinski definition) is 6. The summed E-state index contributed by atoms with van der Waals surface area (Å²) in [4.78, 5) is 12.5. The van der Waals surface area contributed by atoms with E-state index < -0.39 is 19.9 Å². The summed E-state index contributed by atoms with van der Waals surface area (Å²) >= 11 is 0. The molecule has 0 fully saturated rings. The van der Waals surface area contributed by atoms with Crippen LogP contribution in [-0.4, -0.2) is 53.4 Å². The third-order valence-corrected chi connectivity index (χ3v) is 7.41. The number of amides is 1. The Bertz CT molecular complexity index is 1060. The number of sulfonamides is 1. The zero-order valence-corrected chi connectivity index (χ0v) is 18.9. The van der Waals surface area contributed by atoms with Gasteiger partial charge in [-0.25, -0.2) is 21.1 Å². The van der Waals surface area contributed by atoms with Gasteiger partial charge in [0.05, 0.1) is 16.3 Å². The van der Waals surface area contributed by atoms with Crippen molar-refractivity contribution in [1.82, 2.24) is 4.31 Å². The number of nitrogens with zero attached hydrogens (tertiary/aromatic N) is 1. The lowest BCUT2D eigenvalue weighted by Crippen LogP contribution is -2.27. The molecule has 0 bridgehead atoms. The fraction of sp³-hybridized carbons (Fsp3) is 0.350. The van der Waals surface area contributed by atoms with Crippen LogP contribution in [-0.2, 0) is 24.7 Å². The predicted molar refractivity (Wildman–Crippen MR) is 118 cm³/mol. The second kappa shape index (κ2) is 10.1. The number of hydrogen-bond donors (Lipinski definition) is 2. The highest BCUT2D eigenvalue weighted by atomic mass is 32.2. The molecule has 0 atom stereocenters. The number of rotatable bonds is 10. The molecule has 8 nitrogen and oxygen atoms in total. The van der Waals surface area contributed by atoms with Crippen molar-refractivity contribution in [3.8, 4) is 0 Å². The summed E-state index contributed by atoms with van der Waals surface area (Å²) in [6, 6.07) is 12.1. The molecule has 0 unspecified atom stereocenters. The lowest BCUT2D eigenvalue weighted by atomic mass is 10.3. The first-order valence-electron chi connectivity index (χ1n) is 9.44. The SMILES string of the molecule is CCCCN(C)S(=O)(=O)c1ccc(NCC(=O)Nc2ccc(S(C)(=O)=O)cc2)cc1. The lowest BCUT2D eigenvalue weighted by molar-refractivity contribution is -0.114. The average molecular weight is 454 g/mol. The van der Waals surface area contributed by atoms with Gasteiger partial charge in [0.15, 0.2) is 9.84 Å². The van der Waals surface area contributed by atoms with Crippen molar-refractivity contribution in [3.05, 3.63) is 48.5 Å². The van der Waals surface area contributed by atoms with Crippen molar-refractivity contribution >= 4 is 37.1 Å². The van der Waals surface area contributed by atoms with Crippen LogP contribution in [0.15, 0.2) is 58.3 Å². The Kier molecular flexibility index (Phi) is 7.99. The van der Waals surface area contributed by atoms with Crippen LogP contribution in [0.4, 0.5) is 11.4 Å². The fourth-order valence-corrected chi connectivity index (χ4v) is 4.44. The molecule has 2 rings (SSSR count). The summed E-state index contributed by atoms with van der Waals surface area (Å²) in [6.45, 7) is 2.43. The molecule has 2 N–H and O–H groups in total. The van der Waals surface area contributed by atoms with Gasteiger partial charge in [0.25, 0.3) is 0 Å². The van der Waals surface area contributed by atoms with Crippen molar-refractivity contribution in [2.24, 2.45) is 0 Å². The van der Waals surface area contributed by atoms with Gasteiger partial charge < -0.3 is 10.6 Å². The van der Waals surface area contributed by atoms with Crippen LogP contribution in [0.25, 0.3) is 0 Å². The van der Waals surface area contributed by atoms with Crippen molar-refractivity contribution in [3.63, 3.8) is 0 Å². The Morgan fingerprint density at radius 1 is 0.900 bits per heavy atom. The number of anilines is 2. The molecule has 10 heteroatoms. The summed E-state index contributed by atoms with van der Waals surface area (Å²) in [5.41, 5.74) is 1.08. The molecule has 164 valence electrons. The molecule has 0 aliphatic rings. The van der Waals surface area contributed by atoms with Gasteiger partial charge in [0, 0.05) is 31.2 Å². The Morgan fingerprint density at radius 2 is 1.43 bits per heavy atom. The molecular formula is C20H27N3O5S2. The molecule has 0 aliphatic carbocycles. The summed E-state index contributed by atoms with van der Waals surface area (Å²) in [5.74, 6) is -0.321. The molecule has 0 saturated heterocycles. The van der Waals surface area contributed by atoms with Crippen molar-refractivity contribution < 1.29 is 21.6 Å². The number of carbonyl (C=O) groups excluding carboxylic acids is 1. The van der Waals surface area contributed by atoms with E-state index in [0.717, 1.165) is 19.1 Å². The van der Waals surface area contributed by atoms with E-state index in [2.05, 4.69) is 10.6 Å². The maximum Gasteiger partial charge on any atom is 0.243 e. The van der Waals surface area contributed by atoms with Crippen molar-refractivity contribution in [1.29, 1.82) is 0 Å². The molecule has 0 aromatic heterocycles. The monoisotopic (exact) mass is 453 g/mol. The van der Waals surface area contributed by atoms with Crippen LogP contribution in [0.2, 0.25) is 0 Å². The largest absolute Gasteiger partial charge is 0.376 e. The molecule has 0 radical (unpaired) electrons. The van der Waals surface area contributed by atoms with Crippen molar-refractivity contribution in [2.75, 3.05) is 37.0 Å². The third kappa shape index (κ3) is 6.54. The zero-order chi connectivity index (χ0) is 22.4. The van der Waals surface area contributed by atoms with Gasteiger partial charge in [-0.15, -0.1) is 0 Å². The third-order valence-electron chi connectivity index (χ3n) is 4.41. The number of nitrogens with one attached hydrogen (secondary N) is 2. The second-order valence-corrected chi connectivity index (χ2v) is 11.0. The van der Waals surface area contributed by atoms with Gasteiger partial charge in [0.1, 0.15) is 0 Å². The Morgan fingerprint density at radius 3 is 1.97 bits per heavy atom. The molecule has 2 aromatic carbocycles. The molecule has 0 spiro atoms. The standard InChI is InChI=1S/C20H27N3O5S2/c1-4-5-14-23(2)30(27,28)19-12-6-16(7-13-19)21-15-20(24)22-17-8-10-18(11-9-17)29(3,25)26/h6-13,21H,4-5,14-15H2,1-3H3,(H,22,24). The highest BCUT2D eigenvalue weighted by molar-refractivity contribution is 7.90. The maximum atomic E-state index is 12.5. The average Bonchev–Trinajstić information content (AvgIpc) is 2.70. The molecular weight excluding hydrogens is 426 g/mol. The molecule has 0 aliphatic heterocycles. The molecule has 30 heavy (non-hydrogen) atoms. The van der Waals surface area contributed by atoms with E-state index in [4.69, 9.17) is 0 Å². The normalized spacial score (nSPS) is 12.0. The minimum atomic E-state index is -3.53. The Balaban J connectivity index is 1.92. The number of sulfone groups is 1. The summed E-state index contributed by atoms with van der Waals surface area (Å²) < 4.78 is 49.3. The highest BCUT2D eigenvalue weighted by Crippen LogP contribution is 2.18. The first-order chi connectivity index (χ1) is 14.0. The minimum absolute atomic E-state index is 0.0314. The van der Waals surface area contributed by atoms with Crippen LogP contribution in [0.5, 0.6) is 0 Å². The summed E-state index contributed by atoms with van der Waals surface area (Å²) in [6.07, 6.45) is 2.82. The van der Waals surface area contributed by atoms with Gasteiger partial charge in [-0.2, -0.15) is 0 Å². The summed E-state index contributed by atoms with van der Waals surface area (Å²) in [5, 5.41) is 5.59. The molecule has 0 saturated carbocycles. The Hall–Kier alpha value is -2.43. The van der Waals surface area contributed by atoms with E-state index in [1.807, 2.05) is 6.92 Å². The predicted octanol–water partition coefficient (Wildman–Crippen LogP) is 2.56. The molecule has 1 amide bonds. The van der Waals surface area contributed by atoms with Crippen LogP contribution in [0.1, 0.15) is 19.8 Å². The van der Waals surface area contributed by atoms with Crippen molar-refractivity contribution in [2.45, 2.75) is 29.6 Å². The van der Waals surface area contributed by atoms with Gasteiger partial charge in [-0.3, -0.25) is 4.79 Å². The van der Waals surface area contributed by atoms with E-state index in [1.165, 1.54) is 40.7 Å². The maximum absolute atomic E-state index is 12.5. The number of unbranched alkanes of at least 4 members (excludes halogenated alkanes) is 1. The van der Waals surface area contributed by atoms with Gasteiger partial charge in [-0.1, -0.05) is 13.3 Å². The lowest BCUT2D eigenvalue weighted by Gasteiger charge is -2.17. The number of carbonyl (C=O) groups is 1. The quantitative estimate of drug-likeness (QED) is 0.572. The van der Waals surface area contributed by atoms with Gasteiger partial charge in [-0.05, 0) is 55.0 Å². The van der Waals surface area contributed by atoms with Crippen LogP contribution < -0.4 is 10.6 Å². The molecule has 2 aromatic rings. The Labute approximate surface area is 178 Å². The van der Waals surface area contributed by atoms with E-state index in [-0.39, 0.29) is 22.2 Å². The fourth-order valence-electron chi connectivity index (χ4n) is 2.60. The summed E-state index contributed by atoms with van der Waals surface area (Å²) in [7, 11) is -5.26. The first kappa shape index (κ1) is 23.8. The van der Waals surface area contributed by atoms with Crippen LogP contribution in [0, 0.1) is 0 Å². The number of benzene rings is 2. The molecule has 0 heterocycles. The van der Waals surface area contributed by atoms with E-state index >= 15 is 0 Å². The van der Waals surface area contributed by atoms with Crippen LogP contribution in [0.3, 0.4) is 0 Å². The van der Waals surface area contributed by atoms with Crippen LogP contribution >= 0.6 is 0 Å². The highest BCUT2D eigenvalue weighted by Gasteiger charge is 2.19. The van der Waals surface area contributed by atoms with E-state index in [1.54, 1.807) is 19.2 Å². The topological polar surface area (TPSA) is 113 Å².